The van der Waals surface area contributed by atoms with Crippen molar-refractivity contribution < 1.29 is 4.79 Å². The van der Waals surface area contributed by atoms with Crippen molar-refractivity contribution in [1.82, 2.24) is 10.3 Å². The van der Waals surface area contributed by atoms with Crippen molar-refractivity contribution in [3.05, 3.63) is 54.2 Å². The van der Waals surface area contributed by atoms with Crippen LogP contribution in [0.25, 0.3) is 21.7 Å². The fraction of sp³-hybridized carbons (Fsp3) is 0.300. The molecule has 2 aromatic carbocycles. The Bertz CT molecular complexity index is 887. The summed E-state index contributed by atoms with van der Waals surface area (Å²) in [5.41, 5.74) is 1.47. The molecule has 0 spiro atoms. The number of hydrogen-bond acceptors (Lipinski definition) is 2. The number of amides is 1. The first-order valence-electron chi connectivity index (χ1n) is 8.31. The van der Waals surface area contributed by atoms with E-state index in [1.54, 1.807) is 6.20 Å². The van der Waals surface area contributed by atoms with Crippen molar-refractivity contribution in [2.45, 2.75) is 32.2 Å². The van der Waals surface area contributed by atoms with Gasteiger partial charge >= 0.3 is 0 Å². The third-order valence-electron chi connectivity index (χ3n) is 5.04. The molecule has 3 nitrogen and oxygen atoms in total. The van der Waals surface area contributed by atoms with Crippen LogP contribution in [0.15, 0.2) is 48.7 Å². The van der Waals surface area contributed by atoms with E-state index in [1.807, 2.05) is 30.3 Å². The molecule has 2 unspecified atom stereocenters. The Kier molecular flexibility index (Phi) is 3.49. The number of fused-ring (bicyclic) bond motifs is 3. The molecule has 1 amide bonds. The molecule has 4 rings (SSSR count). The zero-order valence-corrected chi connectivity index (χ0v) is 13.3. The van der Waals surface area contributed by atoms with Gasteiger partial charge in [-0.25, -0.2) is 0 Å². The van der Waals surface area contributed by atoms with Gasteiger partial charge in [-0.05, 0) is 41.7 Å². The van der Waals surface area contributed by atoms with Crippen LogP contribution in [0.3, 0.4) is 0 Å². The molecule has 0 saturated heterocycles. The van der Waals surface area contributed by atoms with E-state index in [0.717, 1.165) is 28.1 Å². The van der Waals surface area contributed by atoms with E-state index < -0.39 is 0 Å². The Balaban J connectivity index is 1.83. The molecule has 1 N–H and O–H groups in total. The quantitative estimate of drug-likeness (QED) is 0.717. The number of aromatic nitrogens is 1. The Morgan fingerprint density at radius 1 is 1.13 bits per heavy atom. The smallest absolute Gasteiger partial charge is 0.253 e. The lowest BCUT2D eigenvalue weighted by molar-refractivity contribution is 0.0931. The summed E-state index contributed by atoms with van der Waals surface area (Å²) in [5, 5.41) is 6.48. The third kappa shape index (κ3) is 2.46. The van der Waals surface area contributed by atoms with Crippen LogP contribution >= 0.6 is 0 Å². The van der Waals surface area contributed by atoms with Crippen LogP contribution in [0.4, 0.5) is 0 Å². The maximum Gasteiger partial charge on any atom is 0.253 e. The molecule has 116 valence electrons. The summed E-state index contributed by atoms with van der Waals surface area (Å²) in [6.45, 7) is 2.22. The summed E-state index contributed by atoms with van der Waals surface area (Å²) in [6, 6.07) is 14.4. The van der Waals surface area contributed by atoms with Crippen molar-refractivity contribution >= 4 is 27.6 Å². The standard InChI is InChI=1S/C20H20N2O/c1-13-6-4-10-18(13)22-20(23)17-12-14-7-2-3-8-15(14)16-9-5-11-21-19(16)17/h2-3,5,7-9,11-13,18H,4,6,10H2,1H3,(H,22,23). The van der Waals surface area contributed by atoms with Gasteiger partial charge in [-0.15, -0.1) is 0 Å². The van der Waals surface area contributed by atoms with Gasteiger partial charge in [0, 0.05) is 17.6 Å². The van der Waals surface area contributed by atoms with E-state index >= 15 is 0 Å². The summed E-state index contributed by atoms with van der Waals surface area (Å²) in [5.74, 6) is 0.553. The first kappa shape index (κ1) is 14.2. The van der Waals surface area contributed by atoms with Crippen molar-refractivity contribution in [3.63, 3.8) is 0 Å². The summed E-state index contributed by atoms with van der Waals surface area (Å²) in [4.78, 5) is 17.3. The van der Waals surface area contributed by atoms with E-state index in [1.165, 1.54) is 12.8 Å². The Morgan fingerprint density at radius 2 is 1.96 bits per heavy atom. The SMILES string of the molecule is CC1CCCC1NC(=O)c1cc2ccccc2c2cccnc12. The van der Waals surface area contributed by atoms with Crippen LogP contribution in [0.2, 0.25) is 0 Å². The molecule has 2 atom stereocenters. The van der Waals surface area contributed by atoms with Crippen molar-refractivity contribution in [3.8, 4) is 0 Å². The first-order chi connectivity index (χ1) is 11.2. The summed E-state index contributed by atoms with van der Waals surface area (Å²) < 4.78 is 0. The fourth-order valence-electron chi connectivity index (χ4n) is 3.71. The number of carbonyl (C=O) groups is 1. The summed E-state index contributed by atoms with van der Waals surface area (Å²) in [7, 11) is 0. The Hall–Kier alpha value is -2.42. The molecule has 1 aliphatic carbocycles. The zero-order valence-electron chi connectivity index (χ0n) is 13.3. The second kappa shape index (κ2) is 5.65. The van der Waals surface area contributed by atoms with Crippen molar-refractivity contribution in [1.29, 1.82) is 0 Å². The molecular weight excluding hydrogens is 284 g/mol. The minimum atomic E-state index is -0.00166. The van der Waals surface area contributed by atoms with Crippen molar-refractivity contribution in [2.24, 2.45) is 5.92 Å². The molecule has 0 bridgehead atoms. The minimum absolute atomic E-state index is 0.00166. The number of hydrogen-bond donors (Lipinski definition) is 1. The van der Waals surface area contributed by atoms with Gasteiger partial charge in [0.1, 0.15) is 0 Å². The lowest BCUT2D eigenvalue weighted by atomic mass is 9.99. The van der Waals surface area contributed by atoms with E-state index in [0.29, 0.717) is 11.5 Å². The zero-order chi connectivity index (χ0) is 15.8. The monoisotopic (exact) mass is 304 g/mol. The predicted octanol–water partition coefficient (Wildman–Crippen LogP) is 4.31. The van der Waals surface area contributed by atoms with Gasteiger partial charge in [0.05, 0.1) is 11.1 Å². The van der Waals surface area contributed by atoms with Gasteiger partial charge in [0.2, 0.25) is 0 Å². The maximum atomic E-state index is 12.9. The molecule has 1 aromatic heterocycles. The lowest BCUT2D eigenvalue weighted by Crippen LogP contribution is -2.36. The largest absolute Gasteiger partial charge is 0.349 e. The van der Waals surface area contributed by atoms with E-state index in [4.69, 9.17) is 0 Å². The van der Waals surface area contributed by atoms with Crippen molar-refractivity contribution in [2.75, 3.05) is 0 Å². The number of pyridine rings is 1. The molecule has 0 radical (unpaired) electrons. The highest BCUT2D eigenvalue weighted by atomic mass is 16.1. The number of benzene rings is 2. The molecule has 0 aliphatic heterocycles. The average Bonchev–Trinajstić information content (AvgIpc) is 2.99. The number of carbonyl (C=O) groups excluding carboxylic acids is 1. The molecule has 3 heteroatoms. The van der Waals surface area contributed by atoms with Crippen LogP contribution < -0.4 is 5.32 Å². The second-order valence-corrected chi connectivity index (χ2v) is 6.53. The highest BCUT2D eigenvalue weighted by molar-refractivity contribution is 6.15. The van der Waals surface area contributed by atoms with Crippen LogP contribution in [-0.4, -0.2) is 16.9 Å². The Morgan fingerprint density at radius 3 is 2.78 bits per heavy atom. The fourth-order valence-corrected chi connectivity index (χ4v) is 3.71. The number of nitrogens with one attached hydrogen (secondary N) is 1. The molecule has 1 heterocycles. The summed E-state index contributed by atoms with van der Waals surface area (Å²) in [6.07, 6.45) is 5.22. The van der Waals surface area contributed by atoms with E-state index in [-0.39, 0.29) is 11.9 Å². The first-order valence-corrected chi connectivity index (χ1v) is 8.31. The molecule has 23 heavy (non-hydrogen) atoms. The van der Waals surface area contributed by atoms with Gasteiger partial charge in [-0.1, -0.05) is 43.7 Å². The minimum Gasteiger partial charge on any atom is -0.349 e. The number of nitrogens with zero attached hydrogens (tertiary/aromatic N) is 1. The highest BCUT2D eigenvalue weighted by Crippen LogP contribution is 2.29. The normalized spacial score (nSPS) is 20.9. The van der Waals surface area contributed by atoms with Crippen LogP contribution in [0.1, 0.15) is 36.5 Å². The second-order valence-electron chi connectivity index (χ2n) is 6.53. The molecule has 1 aliphatic rings. The van der Waals surface area contributed by atoms with Gasteiger partial charge in [0.15, 0.2) is 0 Å². The predicted molar refractivity (Wildman–Crippen MR) is 93.5 cm³/mol. The lowest BCUT2D eigenvalue weighted by Gasteiger charge is -2.18. The highest BCUT2D eigenvalue weighted by Gasteiger charge is 2.26. The summed E-state index contributed by atoms with van der Waals surface area (Å²) >= 11 is 0. The molecule has 3 aromatic rings. The number of rotatable bonds is 2. The van der Waals surface area contributed by atoms with Crippen LogP contribution in [0.5, 0.6) is 0 Å². The van der Waals surface area contributed by atoms with Crippen LogP contribution in [0, 0.1) is 5.92 Å². The third-order valence-corrected chi connectivity index (χ3v) is 5.04. The van der Waals surface area contributed by atoms with Crippen LogP contribution in [-0.2, 0) is 0 Å². The topological polar surface area (TPSA) is 42.0 Å². The van der Waals surface area contributed by atoms with Gasteiger partial charge < -0.3 is 5.32 Å². The molecule has 1 saturated carbocycles. The van der Waals surface area contributed by atoms with E-state index in [2.05, 4.69) is 29.4 Å². The maximum absolute atomic E-state index is 12.9. The molecular formula is C20H20N2O. The van der Waals surface area contributed by atoms with E-state index in [9.17, 15) is 4.79 Å². The van der Waals surface area contributed by atoms with Gasteiger partial charge in [-0.2, -0.15) is 0 Å². The van der Waals surface area contributed by atoms with Gasteiger partial charge in [-0.3, -0.25) is 9.78 Å². The Labute approximate surface area is 135 Å². The average molecular weight is 304 g/mol. The molecule has 1 fully saturated rings. The van der Waals surface area contributed by atoms with Gasteiger partial charge in [0.25, 0.3) is 5.91 Å².